The first kappa shape index (κ1) is 12.0. The zero-order valence-corrected chi connectivity index (χ0v) is 9.96. The molecule has 0 unspecified atom stereocenters. The summed E-state index contributed by atoms with van der Waals surface area (Å²) in [7, 11) is 0. The topological polar surface area (TPSA) is 96.2 Å². The zero-order chi connectivity index (χ0) is 13.1. The van der Waals surface area contributed by atoms with Crippen molar-refractivity contribution in [1.82, 2.24) is 9.78 Å². The molecule has 18 heavy (non-hydrogen) atoms. The third kappa shape index (κ3) is 2.42. The first-order valence-corrected chi connectivity index (χ1v) is 5.49. The van der Waals surface area contributed by atoms with Crippen LogP contribution in [0.5, 0.6) is 11.5 Å². The molecule has 0 aliphatic heterocycles. The first-order chi connectivity index (χ1) is 8.60. The van der Waals surface area contributed by atoms with E-state index in [0.717, 1.165) is 6.54 Å². The van der Waals surface area contributed by atoms with Crippen molar-refractivity contribution < 1.29 is 9.53 Å². The van der Waals surface area contributed by atoms with E-state index < -0.39 is 5.91 Å². The summed E-state index contributed by atoms with van der Waals surface area (Å²) in [6.07, 6.45) is 3.33. The summed E-state index contributed by atoms with van der Waals surface area (Å²) in [5, 5.41) is 4.08. The second kappa shape index (κ2) is 4.79. The normalized spacial score (nSPS) is 10.3. The smallest absolute Gasteiger partial charge is 0.248 e. The van der Waals surface area contributed by atoms with Gasteiger partial charge >= 0.3 is 0 Å². The van der Waals surface area contributed by atoms with E-state index in [1.165, 1.54) is 6.07 Å². The predicted octanol–water partition coefficient (Wildman–Crippen LogP) is 1.38. The van der Waals surface area contributed by atoms with E-state index in [1.54, 1.807) is 29.2 Å². The van der Waals surface area contributed by atoms with Gasteiger partial charge < -0.3 is 16.2 Å². The fourth-order valence-corrected chi connectivity index (χ4v) is 1.47. The zero-order valence-electron chi connectivity index (χ0n) is 9.96. The molecule has 0 atom stereocenters. The fraction of sp³-hybridized carbons (Fsp3) is 0.167. The van der Waals surface area contributed by atoms with Crippen LogP contribution in [0.15, 0.2) is 30.6 Å². The van der Waals surface area contributed by atoms with Gasteiger partial charge in [-0.15, -0.1) is 0 Å². The number of anilines is 1. The van der Waals surface area contributed by atoms with Gasteiger partial charge in [-0.1, -0.05) is 0 Å². The molecule has 94 valence electrons. The average molecular weight is 246 g/mol. The standard InChI is InChI=1S/C12H14N4O2/c1-2-16-7-9(6-15-16)18-11-5-8(12(14)17)3-4-10(11)13/h3-7H,2,13H2,1H3,(H2,14,17). The summed E-state index contributed by atoms with van der Waals surface area (Å²) in [6.45, 7) is 2.72. The van der Waals surface area contributed by atoms with Gasteiger partial charge in [0.1, 0.15) is 0 Å². The maximum atomic E-state index is 11.1. The summed E-state index contributed by atoms with van der Waals surface area (Å²) in [5.41, 5.74) is 11.8. The minimum Gasteiger partial charge on any atom is -0.452 e. The van der Waals surface area contributed by atoms with Gasteiger partial charge in [0.2, 0.25) is 5.91 Å². The highest BCUT2D eigenvalue weighted by Crippen LogP contribution is 2.28. The molecular weight excluding hydrogens is 232 g/mol. The number of nitrogens with zero attached hydrogens (tertiary/aromatic N) is 2. The van der Waals surface area contributed by atoms with Gasteiger partial charge in [0.25, 0.3) is 0 Å². The Balaban J connectivity index is 2.27. The van der Waals surface area contributed by atoms with Crippen LogP contribution < -0.4 is 16.2 Å². The van der Waals surface area contributed by atoms with Crippen molar-refractivity contribution in [2.75, 3.05) is 5.73 Å². The van der Waals surface area contributed by atoms with Crippen molar-refractivity contribution in [3.63, 3.8) is 0 Å². The van der Waals surface area contributed by atoms with E-state index in [1.807, 2.05) is 6.92 Å². The van der Waals surface area contributed by atoms with Crippen molar-refractivity contribution in [2.45, 2.75) is 13.5 Å². The first-order valence-electron chi connectivity index (χ1n) is 5.49. The van der Waals surface area contributed by atoms with Crippen LogP contribution >= 0.6 is 0 Å². The third-order valence-electron chi connectivity index (χ3n) is 2.46. The largest absolute Gasteiger partial charge is 0.452 e. The molecule has 2 aromatic rings. The predicted molar refractivity (Wildman–Crippen MR) is 67.3 cm³/mol. The minimum absolute atomic E-state index is 0.349. The highest BCUT2D eigenvalue weighted by atomic mass is 16.5. The van der Waals surface area contributed by atoms with Crippen LogP contribution in [0.3, 0.4) is 0 Å². The number of ether oxygens (including phenoxy) is 1. The van der Waals surface area contributed by atoms with Crippen LogP contribution in [0.25, 0.3) is 0 Å². The Morgan fingerprint density at radius 1 is 1.50 bits per heavy atom. The highest BCUT2D eigenvalue weighted by Gasteiger charge is 2.08. The molecule has 0 saturated carbocycles. The highest BCUT2D eigenvalue weighted by molar-refractivity contribution is 5.93. The summed E-state index contributed by atoms with van der Waals surface area (Å²) in [6, 6.07) is 4.65. The molecule has 6 heteroatoms. The van der Waals surface area contributed by atoms with Crippen LogP contribution in [-0.4, -0.2) is 15.7 Å². The molecule has 0 bridgehead atoms. The van der Waals surface area contributed by atoms with Crippen LogP contribution in [-0.2, 0) is 6.54 Å². The quantitative estimate of drug-likeness (QED) is 0.796. The third-order valence-corrected chi connectivity index (χ3v) is 2.46. The average Bonchev–Trinajstić information content (AvgIpc) is 2.79. The van der Waals surface area contributed by atoms with Gasteiger partial charge in [-0.05, 0) is 25.1 Å². The Hall–Kier alpha value is -2.50. The summed E-state index contributed by atoms with van der Waals surface area (Å²) >= 11 is 0. The van der Waals surface area contributed by atoms with Crippen LogP contribution in [0, 0.1) is 0 Å². The van der Waals surface area contributed by atoms with E-state index in [9.17, 15) is 4.79 Å². The molecule has 0 fully saturated rings. The second-order valence-corrected chi connectivity index (χ2v) is 3.75. The molecule has 0 aliphatic rings. The van der Waals surface area contributed by atoms with Gasteiger partial charge in [-0.25, -0.2) is 0 Å². The van der Waals surface area contributed by atoms with E-state index in [0.29, 0.717) is 22.7 Å². The molecule has 1 aromatic heterocycles. The molecule has 0 spiro atoms. The Labute approximate surface area is 104 Å². The molecule has 1 heterocycles. The number of primary amides is 1. The lowest BCUT2D eigenvalue weighted by molar-refractivity contribution is 0.1000. The molecule has 1 aromatic carbocycles. The van der Waals surface area contributed by atoms with Gasteiger partial charge in [-0.3, -0.25) is 9.48 Å². The van der Waals surface area contributed by atoms with E-state index in [2.05, 4.69) is 5.10 Å². The SMILES string of the molecule is CCn1cc(Oc2cc(C(N)=O)ccc2N)cn1. The minimum atomic E-state index is -0.524. The maximum absolute atomic E-state index is 11.1. The number of nitrogen functional groups attached to an aromatic ring is 1. The second-order valence-electron chi connectivity index (χ2n) is 3.75. The van der Waals surface area contributed by atoms with Crippen molar-refractivity contribution in [3.8, 4) is 11.5 Å². The molecular formula is C12H14N4O2. The number of carbonyl (C=O) groups is 1. The molecule has 0 radical (unpaired) electrons. The van der Waals surface area contributed by atoms with Gasteiger partial charge in [0.05, 0.1) is 18.1 Å². The molecule has 1 amide bonds. The van der Waals surface area contributed by atoms with E-state index in [-0.39, 0.29) is 0 Å². The lowest BCUT2D eigenvalue weighted by Gasteiger charge is -2.07. The van der Waals surface area contributed by atoms with Crippen LogP contribution in [0.2, 0.25) is 0 Å². The van der Waals surface area contributed by atoms with Gasteiger partial charge in [0, 0.05) is 12.1 Å². The number of aromatic nitrogens is 2. The Bertz CT molecular complexity index is 577. The summed E-state index contributed by atoms with van der Waals surface area (Å²) < 4.78 is 7.29. The monoisotopic (exact) mass is 246 g/mol. The van der Waals surface area contributed by atoms with Crippen molar-refractivity contribution in [3.05, 3.63) is 36.2 Å². The Kier molecular flexibility index (Phi) is 3.18. The summed E-state index contributed by atoms with van der Waals surface area (Å²) in [5.74, 6) is 0.427. The molecule has 2 rings (SSSR count). The van der Waals surface area contributed by atoms with Gasteiger partial charge in [0.15, 0.2) is 11.5 Å². The van der Waals surface area contributed by atoms with Crippen LogP contribution in [0.4, 0.5) is 5.69 Å². The molecule has 6 nitrogen and oxygen atoms in total. The number of hydrogen-bond donors (Lipinski definition) is 2. The fourth-order valence-electron chi connectivity index (χ4n) is 1.47. The molecule has 0 aliphatic carbocycles. The lowest BCUT2D eigenvalue weighted by atomic mass is 10.2. The van der Waals surface area contributed by atoms with E-state index in [4.69, 9.17) is 16.2 Å². The number of hydrogen-bond acceptors (Lipinski definition) is 4. The number of amides is 1. The number of nitrogens with two attached hydrogens (primary N) is 2. The van der Waals surface area contributed by atoms with Crippen molar-refractivity contribution in [2.24, 2.45) is 5.73 Å². The lowest BCUT2D eigenvalue weighted by Crippen LogP contribution is -2.11. The molecule has 0 saturated heterocycles. The Morgan fingerprint density at radius 2 is 2.28 bits per heavy atom. The number of carbonyl (C=O) groups excluding carboxylic acids is 1. The summed E-state index contributed by atoms with van der Waals surface area (Å²) in [4.78, 5) is 11.1. The number of rotatable bonds is 4. The maximum Gasteiger partial charge on any atom is 0.248 e. The van der Waals surface area contributed by atoms with Crippen molar-refractivity contribution >= 4 is 11.6 Å². The van der Waals surface area contributed by atoms with Crippen LogP contribution in [0.1, 0.15) is 17.3 Å². The van der Waals surface area contributed by atoms with Gasteiger partial charge in [-0.2, -0.15) is 5.10 Å². The molecule has 4 N–H and O–H groups in total. The number of aryl methyl sites for hydroxylation is 1. The Morgan fingerprint density at radius 3 is 2.89 bits per heavy atom. The number of benzene rings is 1. The van der Waals surface area contributed by atoms with E-state index >= 15 is 0 Å². The van der Waals surface area contributed by atoms with Crippen molar-refractivity contribution in [1.29, 1.82) is 0 Å².